The molecule has 0 aliphatic carbocycles. The van der Waals surface area contributed by atoms with Crippen LogP contribution in [0.5, 0.6) is 0 Å². The number of rotatable bonds is 6. The van der Waals surface area contributed by atoms with Crippen LogP contribution in [0, 0.1) is 0 Å². The molecule has 0 aliphatic rings. The third kappa shape index (κ3) is 3.55. The number of aromatic nitrogens is 1. The Morgan fingerprint density at radius 1 is 1.08 bits per heavy atom. The molecule has 0 unspecified atom stereocenters. The molecule has 0 fully saturated rings. The number of carbonyl (C=O) groups is 2. The first-order valence-electron chi connectivity index (χ1n) is 8.18. The Labute approximate surface area is 146 Å². The van der Waals surface area contributed by atoms with Crippen LogP contribution in [0.1, 0.15) is 27.6 Å². The van der Waals surface area contributed by atoms with E-state index in [1.807, 2.05) is 42.1 Å². The fraction of sp³-hybridized carbons (Fsp3) is 0.200. The van der Waals surface area contributed by atoms with Crippen molar-refractivity contribution in [1.82, 2.24) is 4.57 Å². The van der Waals surface area contributed by atoms with Gasteiger partial charge in [-0.25, -0.2) is 4.79 Å². The molecule has 0 atom stereocenters. The fourth-order valence-corrected chi connectivity index (χ4v) is 2.78. The Kier molecular flexibility index (Phi) is 4.84. The van der Waals surface area contributed by atoms with Crippen LogP contribution in [0.3, 0.4) is 0 Å². The highest BCUT2D eigenvalue weighted by molar-refractivity contribution is 6.09. The number of hydrogen-bond acceptors (Lipinski definition) is 4. The maximum absolute atomic E-state index is 12.6. The maximum Gasteiger partial charge on any atom is 0.338 e. The van der Waals surface area contributed by atoms with Gasteiger partial charge in [-0.1, -0.05) is 18.2 Å². The molecular weight excluding hydrogens is 316 g/mol. The average molecular weight is 336 g/mol. The molecule has 25 heavy (non-hydrogen) atoms. The number of nitrogens with zero attached hydrogens (tertiary/aromatic N) is 1. The lowest BCUT2D eigenvalue weighted by Crippen LogP contribution is -2.14. The second-order valence-electron chi connectivity index (χ2n) is 5.75. The predicted octanol–water partition coefficient (Wildman–Crippen LogP) is 3.65. The van der Waals surface area contributed by atoms with E-state index < -0.39 is 0 Å². The Morgan fingerprint density at radius 2 is 1.80 bits per heavy atom. The predicted molar refractivity (Wildman–Crippen MR) is 98.1 cm³/mol. The first kappa shape index (κ1) is 16.8. The average Bonchev–Trinajstić information content (AvgIpc) is 2.98. The van der Waals surface area contributed by atoms with Crippen LogP contribution in [0.25, 0.3) is 10.9 Å². The number of Topliss-reactive ketones (excluding diaryl/α,β-unsaturated/α-hetero) is 1. The highest BCUT2D eigenvalue weighted by atomic mass is 16.5. The Balaban J connectivity index is 1.69. The van der Waals surface area contributed by atoms with Crippen molar-refractivity contribution in [3.05, 3.63) is 65.9 Å². The van der Waals surface area contributed by atoms with Crippen molar-refractivity contribution >= 4 is 28.3 Å². The second kappa shape index (κ2) is 7.21. The van der Waals surface area contributed by atoms with Crippen LogP contribution in [0.2, 0.25) is 0 Å². The van der Waals surface area contributed by atoms with Crippen LogP contribution in [-0.2, 0) is 11.8 Å². The summed E-state index contributed by atoms with van der Waals surface area (Å²) < 4.78 is 6.91. The number of anilines is 1. The maximum atomic E-state index is 12.6. The van der Waals surface area contributed by atoms with Gasteiger partial charge in [0.1, 0.15) is 0 Å². The van der Waals surface area contributed by atoms with Gasteiger partial charge < -0.3 is 14.6 Å². The normalized spacial score (nSPS) is 10.6. The van der Waals surface area contributed by atoms with Crippen molar-refractivity contribution in [3.63, 3.8) is 0 Å². The van der Waals surface area contributed by atoms with E-state index in [0.29, 0.717) is 17.7 Å². The van der Waals surface area contributed by atoms with Gasteiger partial charge in [0, 0.05) is 35.4 Å². The Hall–Kier alpha value is -3.08. The number of nitrogens with one attached hydrogen (secondary N) is 1. The van der Waals surface area contributed by atoms with Crippen LogP contribution in [0.15, 0.2) is 54.7 Å². The number of hydrogen-bond donors (Lipinski definition) is 1. The van der Waals surface area contributed by atoms with E-state index in [4.69, 9.17) is 4.74 Å². The summed E-state index contributed by atoms with van der Waals surface area (Å²) in [6, 6.07) is 14.7. The van der Waals surface area contributed by atoms with E-state index in [-0.39, 0.29) is 18.3 Å². The molecule has 3 aromatic rings. The molecule has 1 aromatic heterocycles. The topological polar surface area (TPSA) is 60.3 Å². The highest BCUT2D eigenvalue weighted by Gasteiger charge is 2.13. The molecule has 0 saturated carbocycles. The van der Waals surface area contributed by atoms with E-state index in [1.165, 1.54) is 0 Å². The summed E-state index contributed by atoms with van der Waals surface area (Å²) in [5.74, 6) is -0.327. The van der Waals surface area contributed by atoms with Gasteiger partial charge in [0.25, 0.3) is 0 Å². The lowest BCUT2D eigenvalue weighted by molar-refractivity contribution is 0.0526. The van der Waals surface area contributed by atoms with Gasteiger partial charge in [0.05, 0.1) is 18.7 Å². The van der Waals surface area contributed by atoms with E-state index in [9.17, 15) is 9.59 Å². The van der Waals surface area contributed by atoms with E-state index >= 15 is 0 Å². The fourth-order valence-electron chi connectivity index (χ4n) is 2.78. The molecule has 0 bridgehead atoms. The number of esters is 1. The SMILES string of the molecule is CCOC(=O)c1ccc(NCC(=O)c2cn(C)c3ccccc23)cc1. The lowest BCUT2D eigenvalue weighted by atomic mass is 10.1. The molecule has 1 N–H and O–H groups in total. The Morgan fingerprint density at radius 3 is 2.52 bits per heavy atom. The van der Waals surface area contributed by atoms with Gasteiger partial charge in [0.2, 0.25) is 0 Å². The lowest BCUT2D eigenvalue weighted by Gasteiger charge is -2.07. The summed E-state index contributed by atoms with van der Waals surface area (Å²) in [6.07, 6.45) is 1.86. The van der Waals surface area contributed by atoms with Gasteiger partial charge >= 0.3 is 5.97 Å². The molecule has 1 heterocycles. The van der Waals surface area contributed by atoms with Crippen molar-refractivity contribution in [3.8, 4) is 0 Å². The summed E-state index contributed by atoms with van der Waals surface area (Å²) in [7, 11) is 1.93. The third-order valence-electron chi connectivity index (χ3n) is 4.05. The van der Waals surface area contributed by atoms with Gasteiger partial charge in [-0.05, 0) is 37.3 Å². The number of carbonyl (C=O) groups excluding carboxylic acids is 2. The number of fused-ring (bicyclic) bond motifs is 1. The zero-order chi connectivity index (χ0) is 17.8. The third-order valence-corrected chi connectivity index (χ3v) is 4.05. The Bertz CT molecular complexity index is 910. The molecule has 0 radical (unpaired) electrons. The minimum atomic E-state index is -0.346. The number of benzene rings is 2. The molecule has 2 aromatic carbocycles. The van der Waals surface area contributed by atoms with E-state index in [0.717, 1.165) is 16.6 Å². The van der Waals surface area contributed by atoms with Crippen molar-refractivity contribution in [2.45, 2.75) is 6.92 Å². The van der Waals surface area contributed by atoms with Crippen LogP contribution in [0.4, 0.5) is 5.69 Å². The van der Waals surface area contributed by atoms with Gasteiger partial charge in [-0.15, -0.1) is 0 Å². The molecule has 0 amide bonds. The molecule has 5 heteroatoms. The zero-order valence-electron chi connectivity index (χ0n) is 14.3. The highest BCUT2D eigenvalue weighted by Crippen LogP contribution is 2.21. The molecular formula is C20H20N2O3. The van der Waals surface area contributed by atoms with Crippen LogP contribution >= 0.6 is 0 Å². The van der Waals surface area contributed by atoms with Crippen LogP contribution < -0.4 is 5.32 Å². The molecule has 0 spiro atoms. The first-order chi connectivity index (χ1) is 12.1. The summed E-state index contributed by atoms with van der Waals surface area (Å²) in [4.78, 5) is 24.2. The number of ketones is 1. The molecule has 5 nitrogen and oxygen atoms in total. The van der Waals surface area contributed by atoms with Crippen molar-refractivity contribution in [1.29, 1.82) is 0 Å². The summed E-state index contributed by atoms with van der Waals surface area (Å²) in [6.45, 7) is 2.30. The van der Waals surface area contributed by atoms with Crippen molar-refractivity contribution in [2.24, 2.45) is 7.05 Å². The minimum Gasteiger partial charge on any atom is -0.462 e. The largest absolute Gasteiger partial charge is 0.462 e. The number of ether oxygens (including phenoxy) is 1. The van der Waals surface area contributed by atoms with Gasteiger partial charge in [-0.3, -0.25) is 4.79 Å². The van der Waals surface area contributed by atoms with Crippen molar-refractivity contribution in [2.75, 3.05) is 18.5 Å². The molecule has 0 aliphatic heterocycles. The summed E-state index contributed by atoms with van der Waals surface area (Å²) >= 11 is 0. The van der Waals surface area contributed by atoms with Crippen molar-refractivity contribution < 1.29 is 14.3 Å². The standard InChI is InChI=1S/C20H20N2O3/c1-3-25-20(24)14-8-10-15(11-9-14)21-12-19(23)17-13-22(2)18-7-5-4-6-16(17)18/h4-11,13,21H,3,12H2,1-2H3. The quantitative estimate of drug-likeness (QED) is 0.551. The minimum absolute atomic E-state index is 0.0197. The van der Waals surface area contributed by atoms with Crippen LogP contribution in [-0.4, -0.2) is 29.5 Å². The van der Waals surface area contributed by atoms with Gasteiger partial charge in [0.15, 0.2) is 5.78 Å². The monoisotopic (exact) mass is 336 g/mol. The van der Waals surface area contributed by atoms with E-state index in [2.05, 4.69) is 5.32 Å². The number of para-hydroxylation sites is 1. The number of aryl methyl sites for hydroxylation is 1. The second-order valence-corrected chi connectivity index (χ2v) is 5.75. The van der Waals surface area contributed by atoms with Gasteiger partial charge in [-0.2, -0.15) is 0 Å². The summed E-state index contributed by atoms with van der Waals surface area (Å²) in [5.41, 5.74) is 3.01. The molecule has 128 valence electrons. The molecule has 3 rings (SSSR count). The smallest absolute Gasteiger partial charge is 0.338 e. The van der Waals surface area contributed by atoms with E-state index in [1.54, 1.807) is 31.2 Å². The zero-order valence-corrected chi connectivity index (χ0v) is 14.3. The molecule has 0 saturated heterocycles. The first-order valence-corrected chi connectivity index (χ1v) is 8.18. The summed E-state index contributed by atoms with van der Waals surface area (Å²) in [5, 5.41) is 4.06.